The molecule has 0 aromatic carbocycles. The Morgan fingerprint density at radius 2 is 1.50 bits per heavy atom. The fourth-order valence-electron chi connectivity index (χ4n) is 0. The Morgan fingerprint density at radius 3 is 1.50 bits per heavy atom. The van der Waals surface area contributed by atoms with Crippen molar-refractivity contribution in [2.75, 3.05) is 0 Å². The molecule has 0 heterocycles. The van der Waals surface area contributed by atoms with Gasteiger partial charge in [0, 0.05) is 0 Å². The number of hydrogen-bond donors (Lipinski definition) is 0. The molecule has 0 fully saturated rings. The molecule has 0 N–H and O–H groups in total. The molecular weight excluding hydrogens is 74.9 g/mol. The molecule has 0 aliphatic carbocycles. The molecular formula is C4H9BO. The van der Waals surface area contributed by atoms with Crippen molar-refractivity contribution in [3.05, 3.63) is 0 Å². The van der Waals surface area contributed by atoms with Gasteiger partial charge in [0.25, 0.3) is 0 Å². The third-order valence-electron chi connectivity index (χ3n) is 0.354. The third kappa shape index (κ3) is 3.86. The molecule has 1 nitrogen and oxygen atoms in total. The van der Waals surface area contributed by atoms with Crippen molar-refractivity contribution >= 4 is 7.15 Å². The monoisotopic (exact) mass is 84.1 g/mol. The van der Waals surface area contributed by atoms with Gasteiger partial charge in [0.15, 0.2) is 0 Å². The standard InChI is InChI=1S/C4H9BO/c1-4(2,3)5-6/h1-3H3. The molecule has 0 aliphatic heterocycles. The summed E-state index contributed by atoms with van der Waals surface area (Å²) in [5.41, 5.74) is 0. The third-order valence-corrected chi connectivity index (χ3v) is 0.354. The summed E-state index contributed by atoms with van der Waals surface area (Å²) in [5, 5.41) is -0.139. The van der Waals surface area contributed by atoms with E-state index in [2.05, 4.69) is 0 Å². The van der Waals surface area contributed by atoms with Crippen molar-refractivity contribution in [1.29, 1.82) is 0 Å². The van der Waals surface area contributed by atoms with Gasteiger partial charge in [0.1, 0.15) is 0 Å². The summed E-state index contributed by atoms with van der Waals surface area (Å²) in [5.74, 6) is 0. The topological polar surface area (TPSA) is 17.1 Å². The summed E-state index contributed by atoms with van der Waals surface area (Å²) in [6.45, 7) is 5.62. The van der Waals surface area contributed by atoms with E-state index in [-0.39, 0.29) is 5.31 Å². The zero-order chi connectivity index (χ0) is 5.21. The molecule has 6 heavy (non-hydrogen) atoms. The van der Waals surface area contributed by atoms with E-state index in [0.717, 1.165) is 7.15 Å². The second kappa shape index (κ2) is 1.54. The Balaban J connectivity index is 3.45. The van der Waals surface area contributed by atoms with Crippen LogP contribution in [0.2, 0.25) is 5.31 Å². The van der Waals surface area contributed by atoms with Crippen LogP contribution in [0.1, 0.15) is 20.8 Å². The van der Waals surface area contributed by atoms with Crippen LogP contribution in [0, 0.1) is 0 Å². The van der Waals surface area contributed by atoms with Crippen LogP contribution in [-0.2, 0) is 4.70 Å². The zero-order valence-electron chi connectivity index (χ0n) is 4.49. The van der Waals surface area contributed by atoms with Gasteiger partial charge in [-0.15, -0.1) is 0 Å². The Bertz CT molecular complexity index is 53.1. The van der Waals surface area contributed by atoms with Crippen LogP contribution in [0.25, 0.3) is 0 Å². The second-order valence-electron chi connectivity index (χ2n) is 2.48. The van der Waals surface area contributed by atoms with Gasteiger partial charge in [-0.25, -0.2) is 0 Å². The van der Waals surface area contributed by atoms with Gasteiger partial charge in [-0.05, 0) is 0 Å². The summed E-state index contributed by atoms with van der Waals surface area (Å²) in [4.78, 5) is 0. The van der Waals surface area contributed by atoms with Crippen LogP contribution in [0.15, 0.2) is 0 Å². The van der Waals surface area contributed by atoms with E-state index in [4.69, 9.17) is 0 Å². The fourth-order valence-corrected chi connectivity index (χ4v) is 0. The Morgan fingerprint density at radius 1 is 1.33 bits per heavy atom. The van der Waals surface area contributed by atoms with Crippen LogP contribution in [0.5, 0.6) is 0 Å². The van der Waals surface area contributed by atoms with Crippen LogP contribution >= 0.6 is 0 Å². The molecule has 2 heteroatoms. The van der Waals surface area contributed by atoms with Crippen molar-refractivity contribution in [3.8, 4) is 0 Å². The van der Waals surface area contributed by atoms with Gasteiger partial charge in [-0.2, -0.15) is 0 Å². The summed E-state index contributed by atoms with van der Waals surface area (Å²) in [6, 6.07) is 0. The van der Waals surface area contributed by atoms with Gasteiger partial charge in [-0.1, -0.05) is 0 Å². The van der Waals surface area contributed by atoms with Gasteiger partial charge >= 0.3 is 37.9 Å². The maximum atomic E-state index is 9.83. The van der Waals surface area contributed by atoms with Crippen LogP contribution < -0.4 is 0 Å². The average Bonchev–Trinajstić information content (AvgIpc) is 1.35. The van der Waals surface area contributed by atoms with E-state index in [1.807, 2.05) is 20.8 Å². The van der Waals surface area contributed by atoms with Gasteiger partial charge in [0.05, 0.1) is 0 Å². The summed E-state index contributed by atoms with van der Waals surface area (Å²) in [6.07, 6.45) is 0. The van der Waals surface area contributed by atoms with E-state index < -0.39 is 0 Å². The molecule has 0 amide bonds. The van der Waals surface area contributed by atoms with Crippen molar-refractivity contribution in [2.45, 2.75) is 26.1 Å². The van der Waals surface area contributed by atoms with Gasteiger partial charge in [-0.3, -0.25) is 0 Å². The first-order valence-electron chi connectivity index (χ1n) is 2.02. The number of rotatable bonds is 0. The molecule has 0 saturated heterocycles. The summed E-state index contributed by atoms with van der Waals surface area (Å²) in [7, 11) is 0.938. The molecule has 0 aliphatic rings. The normalized spacial score (nSPS) is 10.5. The Kier molecular flexibility index (Phi) is 1.51. The molecule has 0 radical (unpaired) electrons. The quantitative estimate of drug-likeness (QED) is 0.403. The second-order valence-corrected chi connectivity index (χ2v) is 2.48. The van der Waals surface area contributed by atoms with Crippen molar-refractivity contribution in [1.82, 2.24) is 0 Å². The molecule has 0 atom stereocenters. The minimum atomic E-state index is -0.139. The SMILES string of the molecule is CC(C)(C)B=O. The van der Waals surface area contributed by atoms with Crippen LogP contribution in [0.4, 0.5) is 0 Å². The molecule has 0 unspecified atom stereocenters. The first-order valence-corrected chi connectivity index (χ1v) is 2.02. The van der Waals surface area contributed by atoms with E-state index in [9.17, 15) is 4.70 Å². The van der Waals surface area contributed by atoms with Crippen molar-refractivity contribution in [3.63, 3.8) is 0 Å². The first kappa shape index (κ1) is 5.86. The predicted octanol–water partition coefficient (Wildman–Crippen LogP) is 1.25. The number of hydrogen-bond acceptors (Lipinski definition) is 1. The van der Waals surface area contributed by atoms with Gasteiger partial charge in [0.2, 0.25) is 0 Å². The van der Waals surface area contributed by atoms with Crippen LogP contribution in [-0.4, -0.2) is 7.15 Å². The summed E-state index contributed by atoms with van der Waals surface area (Å²) >= 11 is 0. The van der Waals surface area contributed by atoms with E-state index in [1.54, 1.807) is 0 Å². The minimum absolute atomic E-state index is 0.139. The van der Waals surface area contributed by atoms with Crippen molar-refractivity contribution in [2.24, 2.45) is 0 Å². The fraction of sp³-hybridized carbons (Fsp3) is 1.00. The van der Waals surface area contributed by atoms with E-state index in [1.165, 1.54) is 0 Å². The molecule has 0 spiro atoms. The predicted molar refractivity (Wildman–Crippen MR) is 26.2 cm³/mol. The average molecular weight is 83.9 g/mol. The molecule has 0 aromatic heterocycles. The molecule has 0 aromatic rings. The Hall–Kier alpha value is -0.135. The molecule has 0 rings (SSSR count). The van der Waals surface area contributed by atoms with Crippen molar-refractivity contribution < 1.29 is 4.70 Å². The molecule has 0 saturated carbocycles. The van der Waals surface area contributed by atoms with E-state index in [0.29, 0.717) is 0 Å². The first-order chi connectivity index (χ1) is 2.56. The van der Waals surface area contributed by atoms with Gasteiger partial charge < -0.3 is 0 Å². The Labute approximate surface area is 39.0 Å². The maximum absolute atomic E-state index is 9.83. The zero-order valence-corrected chi connectivity index (χ0v) is 4.49. The van der Waals surface area contributed by atoms with E-state index >= 15 is 0 Å². The van der Waals surface area contributed by atoms with Crippen LogP contribution in [0.3, 0.4) is 0 Å². The molecule has 0 bridgehead atoms. The molecule has 34 valence electrons. The summed E-state index contributed by atoms with van der Waals surface area (Å²) < 4.78 is 9.83.